The van der Waals surface area contributed by atoms with Gasteiger partial charge >= 0.3 is 0 Å². The quantitative estimate of drug-likeness (QED) is 0.731. The number of rotatable bonds is 2. The lowest BCUT2D eigenvalue weighted by Crippen LogP contribution is -2.35. The molecule has 1 aliphatic heterocycles. The molecule has 7 heteroatoms. The highest BCUT2D eigenvalue weighted by Gasteiger charge is 2.42. The Labute approximate surface area is 111 Å². The molecular formula is C11H11BrF2N2O2. The topological polar surface area (TPSA) is 61.4 Å². The lowest BCUT2D eigenvalue weighted by atomic mass is 10.2. The van der Waals surface area contributed by atoms with E-state index in [0.717, 1.165) is 0 Å². The van der Waals surface area contributed by atoms with E-state index >= 15 is 0 Å². The van der Waals surface area contributed by atoms with E-state index in [-0.39, 0.29) is 11.4 Å². The molecule has 1 aliphatic rings. The molecule has 0 saturated carbocycles. The minimum Gasteiger partial charge on any atom is -0.506 e. The van der Waals surface area contributed by atoms with Crippen LogP contribution in [-0.4, -0.2) is 29.5 Å². The second-order valence-corrected chi connectivity index (χ2v) is 5.06. The molecule has 1 amide bonds. The summed E-state index contributed by atoms with van der Waals surface area (Å²) in [6, 6.07) is 3.56. The molecule has 0 bridgehead atoms. The summed E-state index contributed by atoms with van der Waals surface area (Å²) in [5.41, 5.74) is 0.186. The molecule has 1 aromatic carbocycles. The molecule has 0 aliphatic carbocycles. The second-order valence-electron chi connectivity index (χ2n) is 4.14. The number of anilines is 1. The minimum absolute atomic E-state index is 0.115. The minimum atomic E-state index is -2.86. The molecule has 0 spiro atoms. The lowest BCUT2D eigenvalue weighted by molar-refractivity contribution is -0.118. The van der Waals surface area contributed by atoms with E-state index in [9.17, 15) is 18.7 Å². The number of alkyl halides is 2. The molecule has 1 atom stereocenters. The van der Waals surface area contributed by atoms with Gasteiger partial charge in [0.1, 0.15) is 5.75 Å². The fraction of sp³-hybridized carbons (Fsp3) is 0.364. The number of hydrogen-bond donors (Lipinski definition) is 3. The van der Waals surface area contributed by atoms with Crippen LogP contribution in [0.25, 0.3) is 0 Å². The monoisotopic (exact) mass is 320 g/mol. The van der Waals surface area contributed by atoms with Gasteiger partial charge in [0.15, 0.2) is 0 Å². The Hall–Kier alpha value is -1.21. The molecular weight excluding hydrogens is 310 g/mol. The number of aromatic hydroxyl groups is 1. The third-order valence-corrected chi connectivity index (χ3v) is 3.14. The molecule has 1 unspecified atom stereocenters. The van der Waals surface area contributed by atoms with Crippen LogP contribution in [0.4, 0.5) is 14.5 Å². The first-order chi connectivity index (χ1) is 8.37. The molecule has 1 aromatic rings. The lowest BCUT2D eigenvalue weighted by Gasteiger charge is -2.12. The Morgan fingerprint density at radius 3 is 2.89 bits per heavy atom. The SMILES string of the molecule is O=C(Nc1cc(Br)ccc1O)C1CC(F)(F)CN1. The molecule has 98 valence electrons. The Bertz CT molecular complexity index is 482. The summed E-state index contributed by atoms with van der Waals surface area (Å²) in [7, 11) is 0. The van der Waals surface area contributed by atoms with Crippen molar-refractivity contribution in [3.05, 3.63) is 22.7 Å². The molecule has 2 rings (SSSR count). The number of phenolic OH excluding ortho intramolecular Hbond substituents is 1. The average molecular weight is 321 g/mol. The van der Waals surface area contributed by atoms with Gasteiger partial charge in [0.25, 0.3) is 5.92 Å². The molecule has 0 aromatic heterocycles. The van der Waals surface area contributed by atoms with Crippen LogP contribution in [-0.2, 0) is 4.79 Å². The van der Waals surface area contributed by atoms with Crippen molar-refractivity contribution in [3.8, 4) is 5.75 Å². The third kappa shape index (κ3) is 2.97. The van der Waals surface area contributed by atoms with Gasteiger partial charge in [0.05, 0.1) is 18.3 Å². The third-order valence-electron chi connectivity index (χ3n) is 2.64. The van der Waals surface area contributed by atoms with E-state index in [1.165, 1.54) is 12.1 Å². The molecule has 1 heterocycles. The summed E-state index contributed by atoms with van der Waals surface area (Å²) < 4.78 is 26.5. The van der Waals surface area contributed by atoms with E-state index in [1.54, 1.807) is 6.07 Å². The molecule has 1 saturated heterocycles. The molecule has 3 N–H and O–H groups in total. The zero-order chi connectivity index (χ0) is 13.3. The predicted octanol–water partition coefficient (Wildman–Crippen LogP) is 2.09. The maximum Gasteiger partial charge on any atom is 0.262 e. The summed E-state index contributed by atoms with van der Waals surface area (Å²) in [5, 5.41) is 14.4. The number of carbonyl (C=O) groups is 1. The van der Waals surface area contributed by atoms with Crippen molar-refractivity contribution in [1.82, 2.24) is 5.32 Å². The van der Waals surface area contributed by atoms with Crippen molar-refractivity contribution >= 4 is 27.5 Å². The second kappa shape index (κ2) is 4.81. The predicted molar refractivity (Wildman–Crippen MR) is 65.8 cm³/mol. The highest BCUT2D eigenvalue weighted by Crippen LogP contribution is 2.29. The number of halogens is 3. The van der Waals surface area contributed by atoms with E-state index in [4.69, 9.17) is 0 Å². The van der Waals surface area contributed by atoms with Crippen molar-refractivity contribution in [1.29, 1.82) is 0 Å². The Kier molecular flexibility index (Phi) is 3.54. The van der Waals surface area contributed by atoms with Crippen LogP contribution >= 0.6 is 15.9 Å². The number of hydrogen-bond acceptors (Lipinski definition) is 3. The Morgan fingerprint density at radius 1 is 1.56 bits per heavy atom. The maximum absolute atomic E-state index is 12.9. The van der Waals surface area contributed by atoms with Gasteiger partial charge in [-0.05, 0) is 18.2 Å². The molecule has 4 nitrogen and oxygen atoms in total. The molecule has 18 heavy (non-hydrogen) atoms. The van der Waals surface area contributed by atoms with E-state index in [1.807, 2.05) is 0 Å². The van der Waals surface area contributed by atoms with Gasteiger partial charge in [0, 0.05) is 10.9 Å². The summed E-state index contributed by atoms with van der Waals surface area (Å²) in [6.45, 7) is -0.504. The van der Waals surface area contributed by atoms with Gasteiger partial charge in [-0.15, -0.1) is 0 Å². The Morgan fingerprint density at radius 2 is 2.28 bits per heavy atom. The highest BCUT2D eigenvalue weighted by atomic mass is 79.9. The van der Waals surface area contributed by atoms with Crippen LogP contribution in [0.5, 0.6) is 5.75 Å². The highest BCUT2D eigenvalue weighted by molar-refractivity contribution is 9.10. The van der Waals surface area contributed by atoms with Crippen molar-refractivity contribution in [2.24, 2.45) is 0 Å². The largest absolute Gasteiger partial charge is 0.506 e. The summed E-state index contributed by atoms with van der Waals surface area (Å²) >= 11 is 3.19. The van der Waals surface area contributed by atoms with Crippen LogP contribution in [0.15, 0.2) is 22.7 Å². The van der Waals surface area contributed by atoms with Crippen molar-refractivity contribution in [2.75, 3.05) is 11.9 Å². The van der Waals surface area contributed by atoms with Crippen molar-refractivity contribution in [3.63, 3.8) is 0 Å². The van der Waals surface area contributed by atoms with Gasteiger partial charge in [0.2, 0.25) is 5.91 Å². The zero-order valence-corrected chi connectivity index (χ0v) is 10.8. The van der Waals surface area contributed by atoms with Gasteiger partial charge in [-0.1, -0.05) is 15.9 Å². The van der Waals surface area contributed by atoms with Crippen LogP contribution in [0.1, 0.15) is 6.42 Å². The maximum atomic E-state index is 12.9. The first kappa shape index (κ1) is 13.2. The van der Waals surface area contributed by atoms with E-state index in [2.05, 4.69) is 26.6 Å². The number of nitrogens with one attached hydrogen (secondary N) is 2. The van der Waals surface area contributed by atoms with Gasteiger partial charge < -0.3 is 10.4 Å². The fourth-order valence-corrected chi connectivity index (χ4v) is 2.09. The normalized spacial score (nSPS) is 21.8. The number of phenols is 1. The van der Waals surface area contributed by atoms with Crippen LogP contribution < -0.4 is 10.6 Å². The summed E-state index contributed by atoms with van der Waals surface area (Å²) in [5.74, 6) is -3.56. The first-order valence-corrected chi connectivity index (χ1v) is 6.07. The zero-order valence-electron chi connectivity index (χ0n) is 9.21. The number of carbonyl (C=O) groups excluding carboxylic acids is 1. The van der Waals surface area contributed by atoms with Gasteiger partial charge in [-0.25, -0.2) is 8.78 Å². The average Bonchev–Trinajstić information content (AvgIpc) is 2.64. The Balaban J connectivity index is 2.06. The number of benzene rings is 1. The van der Waals surface area contributed by atoms with Crippen LogP contribution in [0.2, 0.25) is 0 Å². The van der Waals surface area contributed by atoms with E-state index in [0.29, 0.717) is 4.47 Å². The fourth-order valence-electron chi connectivity index (χ4n) is 1.73. The van der Waals surface area contributed by atoms with E-state index < -0.39 is 30.8 Å². The standard InChI is InChI=1S/C11H11BrF2N2O2/c12-6-1-2-9(17)7(3-6)16-10(18)8-4-11(13,14)5-15-8/h1-3,8,15,17H,4-5H2,(H,16,18). The van der Waals surface area contributed by atoms with Crippen LogP contribution in [0.3, 0.4) is 0 Å². The molecule has 1 fully saturated rings. The van der Waals surface area contributed by atoms with Gasteiger partial charge in [-0.3, -0.25) is 10.1 Å². The summed E-state index contributed by atoms with van der Waals surface area (Å²) in [6.07, 6.45) is -0.534. The van der Waals surface area contributed by atoms with Gasteiger partial charge in [-0.2, -0.15) is 0 Å². The van der Waals surface area contributed by atoms with Crippen molar-refractivity contribution in [2.45, 2.75) is 18.4 Å². The van der Waals surface area contributed by atoms with Crippen LogP contribution in [0, 0.1) is 0 Å². The first-order valence-electron chi connectivity index (χ1n) is 5.28. The number of amides is 1. The molecule has 0 radical (unpaired) electrons. The smallest absolute Gasteiger partial charge is 0.262 e. The van der Waals surface area contributed by atoms with Crippen molar-refractivity contribution < 1.29 is 18.7 Å². The summed E-state index contributed by atoms with van der Waals surface area (Å²) in [4.78, 5) is 11.7.